The zero-order chi connectivity index (χ0) is 14.6. The number of carbonyl (C=O) groups is 2. The van der Waals surface area contributed by atoms with Crippen LogP contribution in [0.1, 0.15) is 31.2 Å². The molecule has 0 heterocycles. The Morgan fingerprint density at radius 2 is 1.90 bits per heavy atom. The van der Waals surface area contributed by atoms with Crippen LogP contribution in [0.15, 0.2) is 24.3 Å². The topological polar surface area (TPSA) is 78.4 Å². The van der Waals surface area contributed by atoms with Crippen LogP contribution in [-0.4, -0.2) is 23.7 Å². The van der Waals surface area contributed by atoms with E-state index in [0.29, 0.717) is 5.02 Å². The molecule has 2 amide bonds. The van der Waals surface area contributed by atoms with Crippen molar-refractivity contribution in [2.75, 3.05) is 6.54 Å². The first-order valence-corrected chi connectivity index (χ1v) is 6.93. The maximum absolute atomic E-state index is 11.8. The summed E-state index contributed by atoms with van der Waals surface area (Å²) in [7, 11) is 0. The summed E-state index contributed by atoms with van der Waals surface area (Å²) in [5.74, 6) is -0.929. The van der Waals surface area contributed by atoms with E-state index < -0.39 is 5.97 Å². The zero-order valence-electron chi connectivity index (χ0n) is 11.0. The SMILES string of the molecule is O=C(O)CCNC(=O)NC1(c2ccc(Cl)cc2)CCC1. The quantitative estimate of drug-likeness (QED) is 0.781. The van der Waals surface area contributed by atoms with Gasteiger partial charge in [-0.3, -0.25) is 4.79 Å². The summed E-state index contributed by atoms with van der Waals surface area (Å²) in [6.45, 7) is 0.123. The van der Waals surface area contributed by atoms with Crippen molar-refractivity contribution in [3.05, 3.63) is 34.9 Å². The molecule has 1 aliphatic carbocycles. The number of rotatable bonds is 5. The molecule has 0 saturated heterocycles. The van der Waals surface area contributed by atoms with Crippen LogP contribution in [0.25, 0.3) is 0 Å². The maximum Gasteiger partial charge on any atom is 0.315 e. The first kappa shape index (κ1) is 14.7. The van der Waals surface area contributed by atoms with Gasteiger partial charge in [0.2, 0.25) is 0 Å². The normalized spacial score (nSPS) is 16.1. The minimum Gasteiger partial charge on any atom is -0.481 e. The van der Waals surface area contributed by atoms with Gasteiger partial charge in [0, 0.05) is 11.6 Å². The van der Waals surface area contributed by atoms with Crippen molar-refractivity contribution in [1.29, 1.82) is 0 Å². The third kappa shape index (κ3) is 3.42. The smallest absolute Gasteiger partial charge is 0.315 e. The molecule has 0 spiro atoms. The number of urea groups is 1. The van der Waals surface area contributed by atoms with Gasteiger partial charge in [-0.25, -0.2) is 4.79 Å². The highest BCUT2D eigenvalue weighted by Crippen LogP contribution is 2.41. The van der Waals surface area contributed by atoms with Crippen LogP contribution in [-0.2, 0) is 10.3 Å². The number of hydrogen-bond acceptors (Lipinski definition) is 2. The average Bonchev–Trinajstić information content (AvgIpc) is 2.34. The largest absolute Gasteiger partial charge is 0.481 e. The molecule has 0 bridgehead atoms. The van der Waals surface area contributed by atoms with E-state index in [1.807, 2.05) is 12.1 Å². The Morgan fingerprint density at radius 1 is 1.25 bits per heavy atom. The highest BCUT2D eigenvalue weighted by atomic mass is 35.5. The fourth-order valence-electron chi connectivity index (χ4n) is 2.33. The summed E-state index contributed by atoms with van der Waals surface area (Å²) in [5, 5.41) is 14.7. The Kier molecular flexibility index (Phi) is 4.49. The van der Waals surface area contributed by atoms with Crippen molar-refractivity contribution in [2.45, 2.75) is 31.2 Å². The Morgan fingerprint density at radius 3 is 2.40 bits per heavy atom. The summed E-state index contributed by atoms with van der Waals surface area (Å²) in [6.07, 6.45) is 2.72. The number of aliphatic carboxylic acids is 1. The first-order chi connectivity index (χ1) is 9.52. The van der Waals surface area contributed by atoms with Crippen LogP contribution < -0.4 is 10.6 Å². The molecule has 0 aliphatic heterocycles. The van der Waals surface area contributed by atoms with Crippen molar-refractivity contribution in [2.24, 2.45) is 0 Å². The van der Waals surface area contributed by atoms with Gasteiger partial charge in [-0.15, -0.1) is 0 Å². The predicted molar refractivity (Wildman–Crippen MR) is 75.8 cm³/mol. The van der Waals surface area contributed by atoms with Crippen LogP contribution in [0, 0.1) is 0 Å². The summed E-state index contributed by atoms with van der Waals surface area (Å²) < 4.78 is 0. The predicted octanol–water partition coefficient (Wildman–Crippen LogP) is 2.49. The second-order valence-corrected chi connectivity index (χ2v) is 5.40. The van der Waals surface area contributed by atoms with Gasteiger partial charge in [-0.05, 0) is 37.0 Å². The minimum absolute atomic E-state index is 0.0820. The van der Waals surface area contributed by atoms with Gasteiger partial charge in [0.1, 0.15) is 0 Å². The van der Waals surface area contributed by atoms with E-state index in [0.717, 1.165) is 24.8 Å². The minimum atomic E-state index is -0.929. The number of carboxylic acids is 1. The summed E-state index contributed by atoms with van der Waals surface area (Å²) in [6, 6.07) is 7.11. The molecular weight excluding hydrogens is 280 g/mol. The number of amides is 2. The molecule has 3 N–H and O–H groups in total. The van der Waals surface area contributed by atoms with Crippen molar-refractivity contribution in [3.63, 3.8) is 0 Å². The lowest BCUT2D eigenvalue weighted by atomic mass is 9.72. The number of carbonyl (C=O) groups excluding carboxylic acids is 1. The lowest BCUT2D eigenvalue weighted by Crippen LogP contribution is -2.54. The Balaban J connectivity index is 1.96. The van der Waals surface area contributed by atoms with Crippen molar-refractivity contribution >= 4 is 23.6 Å². The Labute approximate surface area is 122 Å². The molecule has 0 atom stereocenters. The number of hydrogen-bond donors (Lipinski definition) is 3. The number of halogens is 1. The molecule has 0 aromatic heterocycles. The Bertz CT molecular complexity index is 498. The third-order valence-electron chi connectivity index (χ3n) is 3.58. The molecule has 1 aliphatic rings. The first-order valence-electron chi connectivity index (χ1n) is 6.56. The van der Waals surface area contributed by atoms with Gasteiger partial charge in [-0.1, -0.05) is 23.7 Å². The zero-order valence-corrected chi connectivity index (χ0v) is 11.7. The van der Waals surface area contributed by atoms with Gasteiger partial charge in [0.05, 0.1) is 12.0 Å². The highest BCUT2D eigenvalue weighted by Gasteiger charge is 2.39. The van der Waals surface area contributed by atoms with E-state index in [9.17, 15) is 9.59 Å². The van der Waals surface area contributed by atoms with E-state index in [-0.39, 0.29) is 24.5 Å². The van der Waals surface area contributed by atoms with Gasteiger partial charge in [0.15, 0.2) is 0 Å². The molecule has 20 heavy (non-hydrogen) atoms. The van der Waals surface area contributed by atoms with Gasteiger partial charge in [-0.2, -0.15) is 0 Å². The lowest BCUT2D eigenvalue weighted by Gasteiger charge is -2.43. The molecule has 1 aromatic carbocycles. The standard InChI is InChI=1S/C14H17ClN2O3/c15-11-4-2-10(3-5-11)14(7-1-8-14)17-13(20)16-9-6-12(18)19/h2-5H,1,6-9H2,(H,18,19)(H2,16,17,20). The molecule has 0 unspecified atom stereocenters. The monoisotopic (exact) mass is 296 g/mol. The van der Waals surface area contributed by atoms with Crippen LogP contribution in [0.5, 0.6) is 0 Å². The molecule has 0 radical (unpaired) electrons. The Hall–Kier alpha value is -1.75. The van der Waals surface area contributed by atoms with Crippen LogP contribution in [0.4, 0.5) is 4.79 Å². The summed E-state index contributed by atoms with van der Waals surface area (Å²) in [4.78, 5) is 22.2. The van der Waals surface area contributed by atoms with E-state index >= 15 is 0 Å². The molecular formula is C14H17ClN2O3. The fraction of sp³-hybridized carbons (Fsp3) is 0.429. The van der Waals surface area contributed by atoms with Crippen molar-refractivity contribution in [3.8, 4) is 0 Å². The van der Waals surface area contributed by atoms with E-state index in [2.05, 4.69) is 10.6 Å². The summed E-state index contributed by atoms with van der Waals surface area (Å²) in [5.41, 5.74) is 0.680. The van der Waals surface area contributed by atoms with Gasteiger partial charge >= 0.3 is 12.0 Å². The number of carboxylic acid groups (broad SMARTS) is 1. The highest BCUT2D eigenvalue weighted by molar-refractivity contribution is 6.30. The molecule has 5 nitrogen and oxygen atoms in total. The van der Waals surface area contributed by atoms with Gasteiger partial charge < -0.3 is 15.7 Å². The van der Waals surface area contributed by atoms with Crippen LogP contribution in [0.2, 0.25) is 5.02 Å². The molecule has 1 fully saturated rings. The molecule has 1 saturated carbocycles. The van der Waals surface area contributed by atoms with Gasteiger partial charge in [0.25, 0.3) is 0 Å². The second-order valence-electron chi connectivity index (χ2n) is 4.97. The lowest BCUT2D eigenvalue weighted by molar-refractivity contribution is -0.136. The van der Waals surface area contributed by atoms with Crippen LogP contribution in [0.3, 0.4) is 0 Å². The average molecular weight is 297 g/mol. The molecule has 1 aromatic rings. The third-order valence-corrected chi connectivity index (χ3v) is 3.83. The number of nitrogens with one attached hydrogen (secondary N) is 2. The van der Waals surface area contributed by atoms with Crippen LogP contribution >= 0.6 is 11.6 Å². The molecule has 6 heteroatoms. The molecule has 108 valence electrons. The fourth-order valence-corrected chi connectivity index (χ4v) is 2.46. The van der Waals surface area contributed by atoms with E-state index in [1.54, 1.807) is 12.1 Å². The second kappa shape index (κ2) is 6.13. The molecule has 2 rings (SSSR count). The maximum atomic E-state index is 11.8. The van der Waals surface area contributed by atoms with Crippen molar-refractivity contribution in [1.82, 2.24) is 10.6 Å². The van der Waals surface area contributed by atoms with E-state index in [4.69, 9.17) is 16.7 Å². The summed E-state index contributed by atoms with van der Waals surface area (Å²) >= 11 is 5.87. The van der Waals surface area contributed by atoms with Crippen molar-refractivity contribution < 1.29 is 14.7 Å². The number of benzene rings is 1. The van der Waals surface area contributed by atoms with E-state index in [1.165, 1.54) is 0 Å².